The lowest BCUT2D eigenvalue weighted by Gasteiger charge is -2.07. The van der Waals surface area contributed by atoms with Crippen molar-refractivity contribution in [1.82, 2.24) is 10.2 Å². The smallest absolute Gasteiger partial charge is 0.0882 e. The van der Waals surface area contributed by atoms with Crippen LogP contribution in [0, 0.1) is 0 Å². The Kier molecular flexibility index (Phi) is 1.70. The summed E-state index contributed by atoms with van der Waals surface area (Å²) in [4.78, 5) is 0. The van der Waals surface area contributed by atoms with Crippen molar-refractivity contribution in [3.63, 3.8) is 0 Å². The second-order valence-corrected chi connectivity index (χ2v) is 3.19. The highest BCUT2D eigenvalue weighted by molar-refractivity contribution is 5.91. The summed E-state index contributed by atoms with van der Waals surface area (Å²) in [5.74, 6) is 0. The molecule has 0 amide bonds. The Morgan fingerprint density at radius 1 is 1.46 bits per heavy atom. The molecule has 2 aromatic rings. The molecule has 68 valence electrons. The Labute approximate surface area is 75.9 Å². The maximum atomic E-state index is 5.81. The molecule has 13 heavy (non-hydrogen) atoms. The first-order valence-electron chi connectivity index (χ1n) is 4.17. The number of nitrogen functional groups attached to an aromatic ring is 1. The van der Waals surface area contributed by atoms with Crippen molar-refractivity contribution < 1.29 is 0 Å². The molecule has 0 aliphatic carbocycles. The van der Waals surface area contributed by atoms with Crippen molar-refractivity contribution in [1.29, 1.82) is 0 Å². The fraction of sp³-hybridized carbons (Fsp3) is 0.222. The zero-order valence-electron chi connectivity index (χ0n) is 7.41. The second kappa shape index (κ2) is 2.74. The van der Waals surface area contributed by atoms with Crippen molar-refractivity contribution in [2.75, 3.05) is 5.73 Å². The Morgan fingerprint density at radius 3 is 2.92 bits per heavy atom. The lowest BCUT2D eigenvalue weighted by atomic mass is 10.0. The Morgan fingerprint density at radius 2 is 2.23 bits per heavy atom. The Hall–Kier alpha value is -1.55. The Bertz CT molecular complexity index is 430. The summed E-state index contributed by atoms with van der Waals surface area (Å²) in [5.41, 5.74) is 14.2. The van der Waals surface area contributed by atoms with Gasteiger partial charge in [0, 0.05) is 11.4 Å². The predicted molar refractivity (Wildman–Crippen MR) is 53.1 cm³/mol. The molecule has 1 atom stereocenters. The molecule has 0 saturated heterocycles. The fourth-order valence-electron chi connectivity index (χ4n) is 1.47. The molecule has 0 radical (unpaired) electrons. The van der Waals surface area contributed by atoms with Crippen molar-refractivity contribution in [3.8, 4) is 0 Å². The van der Waals surface area contributed by atoms with E-state index in [0.29, 0.717) is 5.69 Å². The van der Waals surface area contributed by atoms with E-state index in [4.69, 9.17) is 11.5 Å². The summed E-state index contributed by atoms with van der Waals surface area (Å²) < 4.78 is 0. The largest absolute Gasteiger partial charge is 0.397 e. The quantitative estimate of drug-likeness (QED) is 0.570. The van der Waals surface area contributed by atoms with E-state index in [-0.39, 0.29) is 6.04 Å². The first-order valence-corrected chi connectivity index (χ1v) is 4.17. The first-order chi connectivity index (χ1) is 6.20. The molecule has 1 unspecified atom stereocenters. The summed E-state index contributed by atoms with van der Waals surface area (Å²) in [6, 6.07) is 3.79. The fourth-order valence-corrected chi connectivity index (χ4v) is 1.47. The number of rotatable bonds is 1. The summed E-state index contributed by atoms with van der Waals surface area (Å²) in [5, 5.41) is 7.81. The number of nitrogens with one attached hydrogen (secondary N) is 1. The summed E-state index contributed by atoms with van der Waals surface area (Å²) in [7, 11) is 0. The molecule has 5 N–H and O–H groups in total. The van der Waals surface area contributed by atoms with E-state index >= 15 is 0 Å². The van der Waals surface area contributed by atoms with Crippen LogP contribution >= 0.6 is 0 Å². The van der Waals surface area contributed by atoms with Crippen LogP contribution in [0.5, 0.6) is 0 Å². The van der Waals surface area contributed by atoms with Gasteiger partial charge in [-0.25, -0.2) is 0 Å². The standard InChI is InChI=1S/C9H12N4/c1-5(10)6-2-3-8(11)9-7(6)4-12-13-9/h2-5H,10-11H2,1H3,(H,12,13). The molecule has 0 bridgehead atoms. The van der Waals surface area contributed by atoms with Gasteiger partial charge in [0.25, 0.3) is 0 Å². The molecule has 0 saturated carbocycles. The highest BCUT2D eigenvalue weighted by atomic mass is 15.1. The lowest BCUT2D eigenvalue weighted by molar-refractivity contribution is 0.827. The van der Waals surface area contributed by atoms with Crippen LogP contribution in [0.1, 0.15) is 18.5 Å². The first kappa shape index (κ1) is 8.07. The average Bonchev–Trinajstić information content (AvgIpc) is 2.53. The molecular formula is C9H12N4. The van der Waals surface area contributed by atoms with E-state index in [1.165, 1.54) is 0 Å². The predicted octanol–water partition coefficient (Wildman–Crippen LogP) is 1.16. The van der Waals surface area contributed by atoms with Crippen LogP contribution in [-0.4, -0.2) is 10.2 Å². The van der Waals surface area contributed by atoms with Crippen LogP contribution in [0.3, 0.4) is 0 Å². The van der Waals surface area contributed by atoms with E-state index in [2.05, 4.69) is 10.2 Å². The highest BCUT2D eigenvalue weighted by Crippen LogP contribution is 2.25. The molecule has 4 heteroatoms. The number of nitrogens with two attached hydrogens (primary N) is 2. The molecule has 0 fully saturated rings. The minimum absolute atomic E-state index is 0.000648. The van der Waals surface area contributed by atoms with Gasteiger partial charge in [0.2, 0.25) is 0 Å². The van der Waals surface area contributed by atoms with Gasteiger partial charge in [-0.1, -0.05) is 6.07 Å². The molecule has 1 heterocycles. The number of hydrogen-bond acceptors (Lipinski definition) is 3. The summed E-state index contributed by atoms with van der Waals surface area (Å²) in [6.45, 7) is 1.94. The maximum absolute atomic E-state index is 5.81. The minimum atomic E-state index is 0.000648. The van der Waals surface area contributed by atoms with E-state index in [9.17, 15) is 0 Å². The molecule has 0 aliphatic rings. The normalized spacial score (nSPS) is 13.4. The van der Waals surface area contributed by atoms with Crippen LogP contribution in [0.15, 0.2) is 18.3 Å². The van der Waals surface area contributed by atoms with E-state index in [1.807, 2.05) is 19.1 Å². The minimum Gasteiger partial charge on any atom is -0.397 e. The van der Waals surface area contributed by atoms with Crippen molar-refractivity contribution in [2.45, 2.75) is 13.0 Å². The van der Waals surface area contributed by atoms with Gasteiger partial charge in [-0.3, -0.25) is 5.10 Å². The van der Waals surface area contributed by atoms with Crippen molar-refractivity contribution >= 4 is 16.6 Å². The average molecular weight is 176 g/mol. The zero-order valence-corrected chi connectivity index (χ0v) is 7.41. The van der Waals surface area contributed by atoms with Crippen LogP contribution in [0.2, 0.25) is 0 Å². The van der Waals surface area contributed by atoms with Crippen LogP contribution in [0.25, 0.3) is 10.9 Å². The van der Waals surface area contributed by atoms with Crippen LogP contribution in [-0.2, 0) is 0 Å². The highest BCUT2D eigenvalue weighted by Gasteiger charge is 2.08. The van der Waals surface area contributed by atoms with Gasteiger partial charge in [0.1, 0.15) is 0 Å². The molecule has 0 spiro atoms. The second-order valence-electron chi connectivity index (χ2n) is 3.19. The maximum Gasteiger partial charge on any atom is 0.0882 e. The topological polar surface area (TPSA) is 80.7 Å². The van der Waals surface area contributed by atoms with Crippen molar-refractivity contribution in [3.05, 3.63) is 23.9 Å². The third kappa shape index (κ3) is 1.15. The van der Waals surface area contributed by atoms with E-state index in [0.717, 1.165) is 16.5 Å². The zero-order chi connectivity index (χ0) is 9.42. The monoisotopic (exact) mass is 176 g/mol. The SMILES string of the molecule is CC(N)c1ccc(N)c2[nH]ncc12. The number of hydrogen-bond donors (Lipinski definition) is 3. The number of nitrogens with zero attached hydrogens (tertiary/aromatic N) is 1. The van der Waals surface area contributed by atoms with Crippen LogP contribution < -0.4 is 11.5 Å². The number of H-pyrrole nitrogens is 1. The molecule has 1 aromatic heterocycles. The van der Waals surface area contributed by atoms with Crippen LogP contribution in [0.4, 0.5) is 5.69 Å². The number of anilines is 1. The van der Waals surface area contributed by atoms with Crippen molar-refractivity contribution in [2.24, 2.45) is 5.73 Å². The number of aromatic nitrogens is 2. The molecule has 0 aliphatic heterocycles. The lowest BCUT2D eigenvalue weighted by Crippen LogP contribution is -2.05. The van der Waals surface area contributed by atoms with Gasteiger partial charge < -0.3 is 11.5 Å². The van der Waals surface area contributed by atoms with Gasteiger partial charge in [-0.05, 0) is 18.6 Å². The summed E-state index contributed by atoms with van der Waals surface area (Å²) in [6.07, 6.45) is 1.75. The molecule has 4 nitrogen and oxygen atoms in total. The number of aromatic amines is 1. The van der Waals surface area contributed by atoms with E-state index < -0.39 is 0 Å². The van der Waals surface area contributed by atoms with Gasteiger partial charge in [-0.15, -0.1) is 0 Å². The van der Waals surface area contributed by atoms with E-state index in [1.54, 1.807) is 6.20 Å². The van der Waals surface area contributed by atoms with Gasteiger partial charge >= 0.3 is 0 Å². The summed E-state index contributed by atoms with van der Waals surface area (Å²) >= 11 is 0. The third-order valence-corrected chi connectivity index (χ3v) is 2.17. The molecule has 1 aromatic carbocycles. The Balaban J connectivity index is 2.78. The van der Waals surface area contributed by atoms with Gasteiger partial charge in [0.15, 0.2) is 0 Å². The molecule has 2 rings (SSSR count). The van der Waals surface area contributed by atoms with Gasteiger partial charge in [0.05, 0.1) is 17.4 Å². The third-order valence-electron chi connectivity index (χ3n) is 2.17. The number of benzene rings is 1. The van der Waals surface area contributed by atoms with Gasteiger partial charge in [-0.2, -0.15) is 5.10 Å². The number of fused-ring (bicyclic) bond motifs is 1. The molecular weight excluding hydrogens is 164 g/mol.